The number of pyridine rings is 1. The normalized spacial score (nSPS) is 15.4. The Morgan fingerprint density at radius 1 is 1.04 bits per heavy atom. The Morgan fingerprint density at radius 2 is 1.74 bits per heavy atom. The topological polar surface area (TPSA) is 48.8 Å². The maximum Gasteiger partial charge on any atom is 0.128 e. The summed E-state index contributed by atoms with van der Waals surface area (Å²) < 4.78 is 5.70. The van der Waals surface area contributed by atoms with Crippen molar-refractivity contribution in [3.63, 3.8) is 0 Å². The van der Waals surface area contributed by atoms with Gasteiger partial charge in [-0.2, -0.15) is 0 Å². The summed E-state index contributed by atoms with van der Waals surface area (Å²) >= 11 is 0. The minimum Gasteiger partial charge on any atom is -0.491 e. The molecule has 27 heavy (non-hydrogen) atoms. The molecule has 1 N–H and O–H groups in total. The summed E-state index contributed by atoms with van der Waals surface area (Å²) in [5, 5.41) is 10.3. The lowest BCUT2D eigenvalue weighted by atomic mass is 10.2. The highest BCUT2D eigenvalue weighted by molar-refractivity contribution is 5.85. The second kappa shape index (κ2) is 12.0. The van der Waals surface area contributed by atoms with Gasteiger partial charge in [-0.05, 0) is 36.2 Å². The Labute approximate surface area is 174 Å². The first-order valence-corrected chi connectivity index (χ1v) is 9.02. The van der Waals surface area contributed by atoms with Crippen LogP contribution >= 0.6 is 24.8 Å². The van der Waals surface area contributed by atoms with Crippen molar-refractivity contribution in [2.75, 3.05) is 44.2 Å². The number of rotatable bonds is 7. The van der Waals surface area contributed by atoms with E-state index in [-0.39, 0.29) is 24.8 Å². The number of benzene rings is 1. The largest absolute Gasteiger partial charge is 0.491 e. The number of aliphatic hydroxyl groups excluding tert-OH is 1. The van der Waals surface area contributed by atoms with Crippen LogP contribution in [0.3, 0.4) is 0 Å². The molecule has 2 aromatic rings. The van der Waals surface area contributed by atoms with E-state index < -0.39 is 6.10 Å². The number of aryl methyl sites for hydroxylation is 1. The molecule has 1 saturated heterocycles. The molecule has 1 aliphatic rings. The number of β-amino-alcohol motifs (C(OH)–C–C–N with tert-alkyl or cyclic N) is 1. The predicted octanol–water partition coefficient (Wildman–Crippen LogP) is 3.05. The van der Waals surface area contributed by atoms with Crippen molar-refractivity contribution >= 4 is 30.6 Å². The molecule has 1 fully saturated rings. The third kappa shape index (κ3) is 7.18. The molecule has 5 nitrogen and oxygen atoms in total. The molecule has 1 atom stereocenters. The highest BCUT2D eigenvalue weighted by Crippen LogP contribution is 2.14. The molecular formula is C20H29Cl2N3O2. The number of nitrogens with zero attached hydrogens (tertiary/aromatic N) is 3. The number of halogens is 2. The maximum absolute atomic E-state index is 10.3. The second-order valence-electron chi connectivity index (χ2n) is 6.44. The van der Waals surface area contributed by atoms with Gasteiger partial charge in [0.2, 0.25) is 0 Å². The van der Waals surface area contributed by atoms with Crippen LogP contribution in [0.2, 0.25) is 0 Å². The summed E-state index contributed by atoms with van der Waals surface area (Å²) in [5.74, 6) is 1.85. The summed E-state index contributed by atoms with van der Waals surface area (Å²) in [5.41, 5.74) is 1.29. The van der Waals surface area contributed by atoms with E-state index in [2.05, 4.69) is 33.8 Å². The molecular weight excluding hydrogens is 385 g/mol. The molecule has 0 bridgehead atoms. The average Bonchev–Trinajstić information content (AvgIpc) is 2.68. The standard InChI is InChI=1S/C20H27N3O2.2ClH/c1-2-17-6-8-19(9-7-17)25-16-18(24)15-22-11-13-23(14-12-22)20-5-3-4-10-21-20;;/h3-10,18,24H,2,11-16H2,1H3;2*1H. The molecule has 2 heterocycles. The number of aliphatic hydroxyl groups is 1. The molecule has 1 aliphatic heterocycles. The van der Waals surface area contributed by atoms with E-state index in [1.807, 2.05) is 36.5 Å². The van der Waals surface area contributed by atoms with Crippen LogP contribution in [0.1, 0.15) is 12.5 Å². The van der Waals surface area contributed by atoms with Crippen molar-refractivity contribution in [2.24, 2.45) is 0 Å². The zero-order chi connectivity index (χ0) is 17.5. The van der Waals surface area contributed by atoms with Crippen LogP contribution in [-0.4, -0.2) is 60.4 Å². The van der Waals surface area contributed by atoms with Crippen LogP contribution in [0.4, 0.5) is 5.82 Å². The lowest BCUT2D eigenvalue weighted by Crippen LogP contribution is -2.49. The van der Waals surface area contributed by atoms with Crippen molar-refractivity contribution in [3.8, 4) is 5.75 Å². The van der Waals surface area contributed by atoms with E-state index >= 15 is 0 Å². The van der Waals surface area contributed by atoms with Gasteiger partial charge in [0.05, 0.1) is 0 Å². The molecule has 1 aromatic heterocycles. The summed E-state index contributed by atoms with van der Waals surface area (Å²) in [4.78, 5) is 8.97. The zero-order valence-electron chi connectivity index (χ0n) is 15.7. The molecule has 7 heteroatoms. The van der Waals surface area contributed by atoms with E-state index in [1.54, 1.807) is 0 Å². The van der Waals surface area contributed by atoms with E-state index in [0.29, 0.717) is 13.2 Å². The minimum atomic E-state index is -0.479. The Balaban J connectivity index is 0.00000182. The Kier molecular flexibility index (Phi) is 10.5. The Hall–Kier alpha value is -1.53. The molecule has 0 saturated carbocycles. The second-order valence-corrected chi connectivity index (χ2v) is 6.44. The first-order valence-electron chi connectivity index (χ1n) is 9.02. The van der Waals surface area contributed by atoms with E-state index in [4.69, 9.17) is 4.74 Å². The SMILES string of the molecule is CCc1ccc(OCC(O)CN2CCN(c3ccccn3)CC2)cc1.Cl.Cl. The molecule has 0 amide bonds. The van der Waals surface area contributed by atoms with Gasteiger partial charge in [0.1, 0.15) is 24.3 Å². The fourth-order valence-electron chi connectivity index (χ4n) is 3.06. The number of anilines is 1. The van der Waals surface area contributed by atoms with E-state index in [0.717, 1.165) is 44.2 Å². The molecule has 0 spiro atoms. The molecule has 3 rings (SSSR count). The van der Waals surface area contributed by atoms with Gasteiger partial charge in [0.15, 0.2) is 0 Å². The van der Waals surface area contributed by atoms with Crippen LogP contribution in [0.5, 0.6) is 5.75 Å². The lowest BCUT2D eigenvalue weighted by molar-refractivity contribution is 0.0662. The number of hydrogen-bond donors (Lipinski definition) is 1. The van der Waals surface area contributed by atoms with Crippen LogP contribution in [0, 0.1) is 0 Å². The molecule has 150 valence electrons. The lowest BCUT2D eigenvalue weighted by Gasteiger charge is -2.36. The Morgan fingerprint density at radius 3 is 2.33 bits per heavy atom. The predicted molar refractivity (Wildman–Crippen MR) is 115 cm³/mol. The summed E-state index contributed by atoms with van der Waals surface area (Å²) in [6.07, 6.45) is 2.37. The third-order valence-corrected chi connectivity index (χ3v) is 4.59. The highest BCUT2D eigenvalue weighted by atomic mass is 35.5. The van der Waals surface area contributed by atoms with Crippen molar-refractivity contribution in [1.82, 2.24) is 9.88 Å². The van der Waals surface area contributed by atoms with Gasteiger partial charge in [0.25, 0.3) is 0 Å². The van der Waals surface area contributed by atoms with E-state index in [1.165, 1.54) is 5.56 Å². The monoisotopic (exact) mass is 413 g/mol. The summed E-state index contributed by atoms with van der Waals surface area (Å²) in [6.45, 7) is 6.83. The van der Waals surface area contributed by atoms with Crippen molar-refractivity contribution < 1.29 is 9.84 Å². The highest BCUT2D eigenvalue weighted by Gasteiger charge is 2.20. The smallest absolute Gasteiger partial charge is 0.128 e. The van der Waals surface area contributed by atoms with Crippen LogP contribution in [0.15, 0.2) is 48.7 Å². The van der Waals surface area contributed by atoms with Crippen molar-refractivity contribution in [2.45, 2.75) is 19.4 Å². The van der Waals surface area contributed by atoms with Gasteiger partial charge in [-0.3, -0.25) is 4.90 Å². The number of ether oxygens (including phenoxy) is 1. The quantitative estimate of drug-likeness (QED) is 0.755. The molecule has 1 aromatic carbocycles. The first-order chi connectivity index (χ1) is 12.2. The van der Waals surface area contributed by atoms with Crippen molar-refractivity contribution in [3.05, 3.63) is 54.2 Å². The van der Waals surface area contributed by atoms with E-state index in [9.17, 15) is 5.11 Å². The summed E-state index contributed by atoms with van der Waals surface area (Å²) in [6, 6.07) is 14.1. The van der Waals surface area contributed by atoms with Gasteiger partial charge in [-0.25, -0.2) is 4.98 Å². The maximum atomic E-state index is 10.3. The van der Waals surface area contributed by atoms with Crippen LogP contribution in [0.25, 0.3) is 0 Å². The number of piperazine rings is 1. The van der Waals surface area contributed by atoms with Crippen molar-refractivity contribution in [1.29, 1.82) is 0 Å². The number of aromatic nitrogens is 1. The zero-order valence-corrected chi connectivity index (χ0v) is 17.3. The molecule has 1 unspecified atom stereocenters. The van der Waals surface area contributed by atoms with Gasteiger partial charge < -0.3 is 14.7 Å². The van der Waals surface area contributed by atoms with Gasteiger partial charge in [-0.1, -0.05) is 25.1 Å². The van der Waals surface area contributed by atoms with Gasteiger partial charge in [0, 0.05) is 38.9 Å². The first kappa shape index (κ1) is 23.5. The van der Waals surface area contributed by atoms with Gasteiger partial charge >= 0.3 is 0 Å². The van der Waals surface area contributed by atoms with Crippen LogP contribution < -0.4 is 9.64 Å². The third-order valence-electron chi connectivity index (χ3n) is 4.59. The fourth-order valence-corrected chi connectivity index (χ4v) is 3.06. The minimum absolute atomic E-state index is 0. The number of hydrogen-bond acceptors (Lipinski definition) is 5. The van der Waals surface area contributed by atoms with Gasteiger partial charge in [-0.15, -0.1) is 24.8 Å². The fraction of sp³-hybridized carbons (Fsp3) is 0.450. The molecule has 0 radical (unpaired) electrons. The average molecular weight is 414 g/mol. The molecule has 0 aliphatic carbocycles. The Bertz CT molecular complexity index is 635. The summed E-state index contributed by atoms with van der Waals surface area (Å²) in [7, 11) is 0. The van der Waals surface area contributed by atoms with Crippen LogP contribution in [-0.2, 0) is 6.42 Å².